The van der Waals surface area contributed by atoms with Crippen molar-refractivity contribution in [2.45, 2.75) is 26.3 Å². The highest BCUT2D eigenvalue weighted by molar-refractivity contribution is 5.75. The summed E-state index contributed by atoms with van der Waals surface area (Å²) in [5.41, 5.74) is -0.471. The first-order chi connectivity index (χ1) is 8.97. The van der Waals surface area contributed by atoms with E-state index in [9.17, 15) is 18.7 Å². The van der Waals surface area contributed by atoms with Crippen LogP contribution in [0.4, 0.5) is 8.78 Å². The van der Waals surface area contributed by atoms with E-state index in [2.05, 4.69) is 0 Å². The maximum atomic E-state index is 13.5. The highest BCUT2D eigenvalue weighted by atomic mass is 19.1. The number of carboxylic acids is 1. The molecule has 2 rings (SSSR count). The maximum absolute atomic E-state index is 13.5. The Morgan fingerprint density at radius 1 is 1.47 bits per heavy atom. The van der Waals surface area contributed by atoms with Crippen molar-refractivity contribution in [3.05, 3.63) is 35.4 Å². The Kier molecular flexibility index (Phi) is 3.85. The predicted molar refractivity (Wildman–Crippen MR) is 66.6 cm³/mol. The van der Waals surface area contributed by atoms with Crippen LogP contribution in [0.15, 0.2) is 18.2 Å². The van der Waals surface area contributed by atoms with Crippen molar-refractivity contribution in [2.75, 3.05) is 13.1 Å². The van der Waals surface area contributed by atoms with Crippen molar-refractivity contribution in [1.82, 2.24) is 4.90 Å². The second kappa shape index (κ2) is 5.25. The molecule has 0 aliphatic carbocycles. The van der Waals surface area contributed by atoms with Gasteiger partial charge in [-0.1, -0.05) is 6.92 Å². The fourth-order valence-electron chi connectivity index (χ4n) is 2.61. The Morgan fingerprint density at radius 2 is 2.21 bits per heavy atom. The summed E-state index contributed by atoms with van der Waals surface area (Å²) < 4.78 is 26.6. The fraction of sp³-hybridized carbons (Fsp3) is 0.500. The molecule has 1 aromatic carbocycles. The number of halogens is 2. The third-order valence-corrected chi connectivity index (χ3v) is 3.97. The average Bonchev–Trinajstić information content (AvgIpc) is 2.79. The number of rotatable bonds is 4. The van der Waals surface area contributed by atoms with Gasteiger partial charge in [-0.3, -0.25) is 9.69 Å². The monoisotopic (exact) mass is 269 g/mol. The van der Waals surface area contributed by atoms with E-state index in [4.69, 9.17) is 0 Å². The van der Waals surface area contributed by atoms with Gasteiger partial charge in [0.05, 0.1) is 5.41 Å². The first-order valence-electron chi connectivity index (χ1n) is 6.36. The molecule has 1 aliphatic heterocycles. The lowest BCUT2D eigenvalue weighted by atomic mass is 9.84. The second-order valence-electron chi connectivity index (χ2n) is 5.14. The number of likely N-dealkylation sites (tertiary alicyclic amines) is 1. The van der Waals surface area contributed by atoms with Crippen LogP contribution >= 0.6 is 0 Å². The Morgan fingerprint density at radius 3 is 2.79 bits per heavy atom. The van der Waals surface area contributed by atoms with Crippen molar-refractivity contribution in [2.24, 2.45) is 5.41 Å². The lowest BCUT2D eigenvalue weighted by Crippen LogP contribution is -2.34. The minimum Gasteiger partial charge on any atom is -0.481 e. The largest absolute Gasteiger partial charge is 0.481 e. The molecule has 1 aromatic rings. The minimum absolute atomic E-state index is 0.249. The third kappa shape index (κ3) is 2.76. The van der Waals surface area contributed by atoms with Crippen LogP contribution in [0.3, 0.4) is 0 Å². The SMILES string of the molecule is CCC1(C(=O)O)CCN(Cc2cc(F)ccc2F)C1. The summed E-state index contributed by atoms with van der Waals surface area (Å²) in [4.78, 5) is 13.2. The molecular formula is C14H17F2NO2. The molecule has 1 atom stereocenters. The maximum Gasteiger partial charge on any atom is 0.310 e. The Hall–Kier alpha value is -1.49. The number of hydrogen-bond donors (Lipinski definition) is 1. The van der Waals surface area contributed by atoms with Crippen LogP contribution in [0.1, 0.15) is 25.3 Å². The Labute approximate surface area is 110 Å². The molecule has 1 N–H and O–H groups in total. The van der Waals surface area contributed by atoms with Crippen LogP contribution in [0.25, 0.3) is 0 Å². The van der Waals surface area contributed by atoms with E-state index in [0.717, 1.165) is 12.1 Å². The Balaban J connectivity index is 2.10. The Bertz CT molecular complexity index is 492. The second-order valence-corrected chi connectivity index (χ2v) is 5.14. The van der Waals surface area contributed by atoms with Gasteiger partial charge >= 0.3 is 5.97 Å². The number of nitrogens with zero attached hydrogens (tertiary/aromatic N) is 1. The molecule has 0 amide bonds. The lowest BCUT2D eigenvalue weighted by molar-refractivity contribution is -0.148. The molecule has 19 heavy (non-hydrogen) atoms. The van der Waals surface area contributed by atoms with Gasteiger partial charge in [0.15, 0.2) is 0 Å². The van der Waals surface area contributed by atoms with Crippen LogP contribution in [0, 0.1) is 17.0 Å². The van der Waals surface area contributed by atoms with Crippen molar-refractivity contribution in [3.63, 3.8) is 0 Å². The molecule has 0 aromatic heterocycles. The highest BCUT2D eigenvalue weighted by Gasteiger charge is 2.43. The van der Waals surface area contributed by atoms with Crippen molar-refractivity contribution in [1.29, 1.82) is 0 Å². The zero-order valence-electron chi connectivity index (χ0n) is 10.8. The van der Waals surface area contributed by atoms with E-state index in [-0.39, 0.29) is 12.1 Å². The molecular weight excluding hydrogens is 252 g/mol. The van der Waals surface area contributed by atoms with Gasteiger partial charge < -0.3 is 5.11 Å². The van der Waals surface area contributed by atoms with Crippen LogP contribution in [0.2, 0.25) is 0 Å². The van der Waals surface area contributed by atoms with Gasteiger partial charge in [0.25, 0.3) is 0 Å². The highest BCUT2D eigenvalue weighted by Crippen LogP contribution is 2.35. The third-order valence-electron chi connectivity index (χ3n) is 3.97. The van der Waals surface area contributed by atoms with E-state index in [1.54, 1.807) is 0 Å². The van der Waals surface area contributed by atoms with E-state index < -0.39 is 23.0 Å². The minimum atomic E-state index is -0.808. The van der Waals surface area contributed by atoms with Gasteiger partial charge in [0.1, 0.15) is 11.6 Å². The van der Waals surface area contributed by atoms with Crippen molar-refractivity contribution >= 4 is 5.97 Å². The quantitative estimate of drug-likeness (QED) is 0.913. The molecule has 1 aliphatic rings. The van der Waals surface area contributed by atoms with Crippen LogP contribution in [-0.4, -0.2) is 29.1 Å². The van der Waals surface area contributed by atoms with E-state index in [1.165, 1.54) is 6.07 Å². The molecule has 1 fully saturated rings. The average molecular weight is 269 g/mol. The van der Waals surface area contributed by atoms with Crippen LogP contribution in [-0.2, 0) is 11.3 Å². The van der Waals surface area contributed by atoms with Gasteiger partial charge in [0.2, 0.25) is 0 Å². The smallest absolute Gasteiger partial charge is 0.310 e. The molecule has 0 spiro atoms. The molecule has 104 valence electrons. The lowest BCUT2D eigenvalue weighted by Gasteiger charge is -2.23. The predicted octanol–water partition coefficient (Wildman–Crippen LogP) is 2.65. The van der Waals surface area contributed by atoms with E-state index in [1.807, 2.05) is 11.8 Å². The van der Waals surface area contributed by atoms with Gasteiger partial charge in [-0.2, -0.15) is 0 Å². The summed E-state index contributed by atoms with van der Waals surface area (Å²) in [7, 11) is 0. The molecule has 1 unspecified atom stereocenters. The number of aliphatic carboxylic acids is 1. The summed E-state index contributed by atoms with van der Waals surface area (Å²) in [6, 6.07) is 3.35. The summed E-state index contributed by atoms with van der Waals surface area (Å²) in [6.45, 7) is 3.07. The molecule has 1 saturated heterocycles. The topological polar surface area (TPSA) is 40.5 Å². The van der Waals surface area contributed by atoms with Crippen LogP contribution < -0.4 is 0 Å². The normalized spacial score (nSPS) is 23.7. The van der Waals surface area contributed by atoms with Crippen molar-refractivity contribution in [3.8, 4) is 0 Å². The van der Waals surface area contributed by atoms with E-state index in [0.29, 0.717) is 25.9 Å². The number of carboxylic acid groups (broad SMARTS) is 1. The van der Waals surface area contributed by atoms with Crippen LogP contribution in [0.5, 0.6) is 0 Å². The standard InChI is InChI=1S/C14H17F2NO2/c1-2-14(13(18)19)5-6-17(9-14)8-10-7-11(15)3-4-12(10)16/h3-4,7H,2,5-6,8-9H2,1H3,(H,18,19). The van der Waals surface area contributed by atoms with Gasteiger partial charge in [-0.15, -0.1) is 0 Å². The molecule has 0 saturated carbocycles. The molecule has 5 heteroatoms. The number of carbonyl (C=O) groups is 1. The summed E-state index contributed by atoms with van der Waals surface area (Å²) in [5, 5.41) is 9.29. The van der Waals surface area contributed by atoms with Gasteiger partial charge in [-0.25, -0.2) is 8.78 Å². The first kappa shape index (κ1) is 13.9. The molecule has 3 nitrogen and oxygen atoms in total. The van der Waals surface area contributed by atoms with Crippen molar-refractivity contribution < 1.29 is 18.7 Å². The number of benzene rings is 1. The molecule has 1 heterocycles. The zero-order chi connectivity index (χ0) is 14.0. The summed E-state index contributed by atoms with van der Waals surface area (Å²) in [6.07, 6.45) is 1.10. The van der Waals surface area contributed by atoms with Gasteiger partial charge in [-0.05, 0) is 37.6 Å². The summed E-state index contributed by atoms with van der Waals surface area (Å²) >= 11 is 0. The first-order valence-corrected chi connectivity index (χ1v) is 6.36. The molecule has 0 bridgehead atoms. The number of hydrogen-bond acceptors (Lipinski definition) is 2. The van der Waals surface area contributed by atoms with Gasteiger partial charge in [0, 0.05) is 18.7 Å². The molecule has 0 radical (unpaired) electrons. The fourth-order valence-corrected chi connectivity index (χ4v) is 2.61. The summed E-state index contributed by atoms with van der Waals surface area (Å²) in [5.74, 6) is -1.74. The van der Waals surface area contributed by atoms with E-state index >= 15 is 0 Å². The zero-order valence-corrected chi connectivity index (χ0v) is 10.8.